The van der Waals surface area contributed by atoms with Gasteiger partial charge in [0.25, 0.3) is 0 Å². The molecule has 0 saturated carbocycles. The summed E-state index contributed by atoms with van der Waals surface area (Å²) in [6.45, 7) is -10.4. The Morgan fingerprint density at radius 3 is 3.50 bits per heavy atom. The first-order valence-corrected chi connectivity index (χ1v) is 4.57. The molecule has 1 unspecified atom stereocenters. The molecule has 1 fully saturated rings. The zero-order valence-electron chi connectivity index (χ0n) is 19.0. The lowest BCUT2D eigenvalue weighted by molar-refractivity contribution is 0.446. The second-order valence-corrected chi connectivity index (χ2v) is 3.46. The van der Waals surface area contributed by atoms with Crippen LogP contribution in [0.4, 0.5) is 5.69 Å². The molecule has 0 aliphatic carbocycles. The Bertz CT molecular complexity index is 717. The molecule has 2 nitrogen and oxygen atoms in total. The summed E-state index contributed by atoms with van der Waals surface area (Å²) in [6, 6.07) is 1.18. The zero-order valence-corrected chi connectivity index (χ0v) is 8.59. The molecule has 1 aliphatic heterocycles. The van der Waals surface area contributed by atoms with Crippen LogP contribution in [0, 0.1) is 5.89 Å². The van der Waals surface area contributed by atoms with E-state index in [2.05, 4.69) is 20.9 Å². The monoisotopic (exact) mass is 266 g/mol. The number of rotatable bonds is 1. The molecule has 0 bridgehead atoms. The Morgan fingerprint density at radius 1 is 1.79 bits per heavy atom. The smallest absolute Gasteiger partial charge is 0.0564 e. The summed E-state index contributed by atoms with van der Waals surface area (Å²) < 4.78 is 95.8. The number of pyridine rings is 1. The van der Waals surface area contributed by atoms with Gasteiger partial charge in [-0.25, -0.2) is 0 Å². The molecule has 76 valence electrons. The highest BCUT2D eigenvalue weighted by molar-refractivity contribution is 9.10. The number of aromatic nitrogens is 1. The van der Waals surface area contributed by atoms with Gasteiger partial charge in [0.2, 0.25) is 0 Å². The molecule has 1 aliphatic rings. The summed E-state index contributed by atoms with van der Waals surface area (Å²) in [7, 11) is 0. The second kappa shape index (κ2) is 4.30. The molecule has 0 spiro atoms. The molecule has 14 heavy (non-hydrogen) atoms. The first-order chi connectivity index (χ1) is 11.4. The maximum absolute atomic E-state index is 8.25. The topological polar surface area (TPSA) is 16.1 Å². The number of piperidine rings is 1. The molecule has 2 rings (SSSR count). The third kappa shape index (κ3) is 2.27. The molecular formula is C11H15BrN2. The highest BCUT2D eigenvalue weighted by atomic mass is 79.9. The third-order valence-corrected chi connectivity index (χ3v) is 1.96. The van der Waals surface area contributed by atoms with E-state index in [1.165, 1.54) is 12.3 Å². The van der Waals surface area contributed by atoms with Crippen LogP contribution in [-0.2, 0) is 0 Å². The van der Waals surface area contributed by atoms with Gasteiger partial charge in [-0.3, -0.25) is 4.98 Å². The van der Waals surface area contributed by atoms with Gasteiger partial charge in [0.15, 0.2) is 0 Å². The van der Waals surface area contributed by atoms with Crippen molar-refractivity contribution >= 4 is 21.6 Å². The molecule has 0 amide bonds. The molecule has 2 heterocycles. The SMILES string of the molecule is [2H]C([2H])([2H])C1([2H])C([2H])([2H])N(c2cncc(Br)c2)C([2H])([2H])C([2H])([2H])C1([2H])[2H]. The number of hydrogen-bond acceptors (Lipinski definition) is 2. The van der Waals surface area contributed by atoms with Crippen LogP contribution in [0.25, 0.3) is 0 Å². The van der Waals surface area contributed by atoms with E-state index in [1.54, 1.807) is 0 Å². The van der Waals surface area contributed by atoms with Crippen molar-refractivity contribution in [2.75, 3.05) is 17.9 Å². The van der Waals surface area contributed by atoms with Gasteiger partial charge in [-0.2, -0.15) is 0 Å². The fraction of sp³-hybridized carbons (Fsp3) is 0.545. The minimum Gasteiger partial charge on any atom is -0.370 e. The van der Waals surface area contributed by atoms with Crippen molar-refractivity contribution in [1.82, 2.24) is 4.98 Å². The average molecular weight is 267 g/mol. The van der Waals surface area contributed by atoms with Crippen LogP contribution in [0.1, 0.15) is 36.0 Å². The first kappa shape index (κ1) is 2.97. The predicted octanol–water partition coefficient (Wildman–Crippen LogP) is 3.08. The van der Waals surface area contributed by atoms with Gasteiger partial charge in [0, 0.05) is 40.1 Å². The summed E-state index contributed by atoms with van der Waals surface area (Å²) in [4.78, 5) is 3.90. The van der Waals surface area contributed by atoms with Crippen molar-refractivity contribution in [2.24, 2.45) is 5.89 Å². The predicted molar refractivity (Wildman–Crippen MR) is 62.5 cm³/mol. The van der Waals surface area contributed by atoms with E-state index < -0.39 is 38.5 Å². The molecule has 0 N–H and O–H groups in total. The van der Waals surface area contributed by atoms with Crippen LogP contribution < -0.4 is 4.90 Å². The normalized spacial score (nSPS) is 55.6. The van der Waals surface area contributed by atoms with Crippen molar-refractivity contribution in [1.29, 1.82) is 0 Å². The Hall–Kier alpha value is -0.570. The second-order valence-electron chi connectivity index (χ2n) is 2.55. The number of anilines is 1. The van der Waals surface area contributed by atoms with Gasteiger partial charge in [-0.15, -0.1) is 0 Å². The van der Waals surface area contributed by atoms with E-state index >= 15 is 0 Å². The van der Waals surface area contributed by atoms with E-state index in [4.69, 9.17) is 16.4 Å². The van der Waals surface area contributed by atoms with Crippen molar-refractivity contribution in [3.8, 4) is 0 Å². The summed E-state index contributed by atoms with van der Waals surface area (Å²) in [5.41, 5.74) is -0.338. The van der Waals surface area contributed by atoms with Crippen molar-refractivity contribution in [3.05, 3.63) is 22.9 Å². The van der Waals surface area contributed by atoms with E-state index in [1.807, 2.05) is 0 Å². The lowest BCUT2D eigenvalue weighted by atomic mass is 10.00. The zero-order chi connectivity index (χ0) is 20.6. The van der Waals surface area contributed by atoms with Crippen LogP contribution >= 0.6 is 15.9 Å². The van der Waals surface area contributed by atoms with Crippen LogP contribution in [-0.4, -0.2) is 18.0 Å². The minimum atomic E-state index is -3.70. The van der Waals surface area contributed by atoms with Gasteiger partial charge in [0.1, 0.15) is 0 Å². The molecule has 3 heteroatoms. The van der Waals surface area contributed by atoms with E-state index in [-0.39, 0.29) is 15.1 Å². The van der Waals surface area contributed by atoms with Gasteiger partial charge < -0.3 is 4.90 Å². The van der Waals surface area contributed by atoms with Gasteiger partial charge in [0.05, 0.1) is 11.9 Å². The minimum absolute atomic E-state index is 0.151. The van der Waals surface area contributed by atoms with Crippen LogP contribution in [0.15, 0.2) is 22.9 Å². The molecule has 0 radical (unpaired) electrons. The lowest BCUT2D eigenvalue weighted by Crippen LogP contribution is -2.34. The van der Waals surface area contributed by atoms with Crippen molar-refractivity contribution < 1.29 is 16.4 Å². The summed E-state index contributed by atoms with van der Waals surface area (Å²) >= 11 is 3.06. The highest BCUT2D eigenvalue weighted by Crippen LogP contribution is 2.24. The van der Waals surface area contributed by atoms with E-state index in [0.717, 1.165) is 6.20 Å². The summed E-state index contributed by atoms with van der Waals surface area (Å²) in [5, 5.41) is 0. The fourth-order valence-corrected chi connectivity index (χ4v) is 1.32. The third-order valence-electron chi connectivity index (χ3n) is 1.53. The quantitative estimate of drug-likeness (QED) is 0.777. The van der Waals surface area contributed by atoms with Crippen molar-refractivity contribution in [3.63, 3.8) is 0 Å². The standard InChI is InChI=1S/C11H15BrN2/c1-9-3-2-4-14(8-9)11-5-10(12)6-13-7-11/h5-7,9H,2-4,8H2,1H3/i1D3,2D2,3D2,4D2,8D2,9D. The maximum Gasteiger partial charge on any atom is 0.0564 e. The highest BCUT2D eigenvalue weighted by Gasteiger charge is 2.16. The van der Waals surface area contributed by atoms with E-state index in [9.17, 15) is 0 Å². The largest absolute Gasteiger partial charge is 0.370 e. The van der Waals surface area contributed by atoms with Gasteiger partial charge >= 0.3 is 0 Å². The number of halogens is 1. The van der Waals surface area contributed by atoms with E-state index in [0.29, 0.717) is 0 Å². The molecule has 1 atom stereocenters. The Morgan fingerprint density at radius 2 is 2.71 bits per heavy atom. The number of hydrogen-bond donors (Lipinski definition) is 0. The molecular weight excluding hydrogens is 240 g/mol. The summed E-state index contributed by atoms with van der Waals surface area (Å²) in [6.07, 6.45) is -4.97. The Balaban J connectivity index is 2.93. The van der Waals surface area contributed by atoms with Crippen LogP contribution in [0.3, 0.4) is 0 Å². The summed E-state index contributed by atoms with van der Waals surface area (Å²) in [5.74, 6) is -3.65. The Labute approximate surface area is 110 Å². The van der Waals surface area contributed by atoms with Crippen LogP contribution in [0.5, 0.6) is 0 Å². The average Bonchev–Trinajstić information content (AvgIpc) is 2.42. The molecule has 0 aromatic carbocycles. The molecule has 1 aromatic heterocycles. The number of nitrogens with zero attached hydrogens (tertiary/aromatic N) is 2. The maximum atomic E-state index is 8.25. The van der Waals surface area contributed by atoms with Gasteiger partial charge in [-0.05, 0) is 40.6 Å². The fourth-order valence-electron chi connectivity index (χ4n) is 0.966. The van der Waals surface area contributed by atoms with Gasteiger partial charge in [-0.1, -0.05) is 6.85 Å². The Kier molecular flexibility index (Phi) is 0.913. The van der Waals surface area contributed by atoms with Crippen LogP contribution in [0.2, 0.25) is 0 Å². The van der Waals surface area contributed by atoms with Crippen molar-refractivity contribution in [2.45, 2.75) is 19.6 Å². The molecule has 1 saturated heterocycles. The molecule has 1 aromatic rings. The first-order valence-electron chi connectivity index (χ1n) is 9.78. The lowest BCUT2D eigenvalue weighted by Gasteiger charge is -2.32.